The molecule has 3 heteroatoms. The summed E-state index contributed by atoms with van der Waals surface area (Å²) in [5.74, 6) is -0.0883. The molecule has 0 radical (unpaired) electrons. The molecule has 0 aromatic heterocycles. The first-order valence-electron chi connectivity index (χ1n) is 2.46. The topological polar surface area (TPSA) is 26.3 Å². The van der Waals surface area contributed by atoms with E-state index < -0.39 is 0 Å². The fourth-order valence-electron chi connectivity index (χ4n) is 0.230. The molecule has 0 rings (SSSR count). The minimum absolute atomic E-state index is 0.0172. The molecule has 0 spiro atoms. The van der Waals surface area contributed by atoms with Crippen molar-refractivity contribution in [1.29, 1.82) is 0 Å². The summed E-state index contributed by atoms with van der Waals surface area (Å²) in [6.07, 6.45) is 0. The van der Waals surface area contributed by atoms with Gasteiger partial charge in [0.05, 0.1) is 0 Å². The van der Waals surface area contributed by atoms with Gasteiger partial charge in [-0.3, -0.25) is 0 Å². The van der Waals surface area contributed by atoms with Crippen molar-refractivity contribution in [2.45, 2.75) is 13.8 Å². The molecule has 8 heavy (non-hydrogen) atoms. The molecular weight excluding hydrogens is 220 g/mol. The summed E-state index contributed by atoms with van der Waals surface area (Å²) in [6.45, 7) is 3.65. The number of esters is 1. The van der Waals surface area contributed by atoms with Gasteiger partial charge in [-0.15, -0.1) is 0 Å². The monoisotopic (exact) mass is 232 g/mol. The average molecular weight is 230 g/mol. The molecule has 0 unspecified atom stereocenters. The predicted molar refractivity (Wildman–Crippen MR) is 32.9 cm³/mol. The summed E-state index contributed by atoms with van der Waals surface area (Å²) in [6, 6.07) is 0. The fourth-order valence-corrected chi connectivity index (χ4v) is 0.593. The van der Waals surface area contributed by atoms with Crippen molar-refractivity contribution in [3.8, 4) is 0 Å². The van der Waals surface area contributed by atoms with Crippen molar-refractivity contribution in [2.75, 3.05) is 4.65 Å². The Kier molecular flexibility index (Phi) is 4.30. The minimum atomic E-state index is -0.106. The molecule has 0 aromatic rings. The number of carbonyl (C=O) groups excluding carboxylic acids is 1. The van der Waals surface area contributed by atoms with E-state index in [1.807, 2.05) is 13.8 Å². The Morgan fingerprint density at radius 2 is 2.25 bits per heavy atom. The molecule has 0 atom stereocenters. The van der Waals surface area contributed by atoms with Gasteiger partial charge in [-0.2, -0.15) is 0 Å². The second kappa shape index (κ2) is 4.17. The molecule has 0 aliphatic carbocycles. The zero-order chi connectivity index (χ0) is 6.57. The van der Waals surface area contributed by atoms with Gasteiger partial charge in [0.25, 0.3) is 0 Å². The van der Waals surface area contributed by atoms with Crippen molar-refractivity contribution < 1.29 is 9.53 Å². The first kappa shape index (κ1) is 8.26. The van der Waals surface area contributed by atoms with E-state index in [1.165, 1.54) is 22.3 Å². The molecule has 0 aliphatic rings. The van der Waals surface area contributed by atoms with E-state index in [4.69, 9.17) is 0 Å². The maximum atomic E-state index is 10.5. The van der Waals surface area contributed by atoms with Crippen LogP contribution in [0.5, 0.6) is 0 Å². The van der Waals surface area contributed by atoms with Crippen LogP contribution in [-0.4, -0.2) is 32.9 Å². The molecular formula is C5H10O2Te. The molecule has 48 valence electrons. The average Bonchev–Trinajstić information content (AvgIpc) is 1.67. The third-order valence-electron chi connectivity index (χ3n) is 0.678. The van der Waals surface area contributed by atoms with Crippen LogP contribution in [0.1, 0.15) is 13.8 Å². The van der Waals surface area contributed by atoms with Crippen LogP contribution < -0.4 is 0 Å². The molecule has 0 aromatic carbocycles. The zero-order valence-corrected chi connectivity index (χ0v) is 7.60. The maximum absolute atomic E-state index is 10.5. The number of hydrogen-bond acceptors (Lipinski definition) is 2. The van der Waals surface area contributed by atoms with Gasteiger partial charge in [-0.25, -0.2) is 0 Å². The quantitative estimate of drug-likeness (QED) is 0.494. The Labute approximate surface area is 62.5 Å². The molecule has 0 heterocycles. The van der Waals surface area contributed by atoms with Crippen molar-refractivity contribution in [1.82, 2.24) is 0 Å². The first-order chi connectivity index (χ1) is 3.68. The van der Waals surface area contributed by atoms with Gasteiger partial charge < -0.3 is 0 Å². The van der Waals surface area contributed by atoms with Gasteiger partial charge >= 0.3 is 62.2 Å². The van der Waals surface area contributed by atoms with E-state index in [9.17, 15) is 4.79 Å². The Balaban J connectivity index is 3.33. The van der Waals surface area contributed by atoms with Gasteiger partial charge in [0.15, 0.2) is 0 Å². The van der Waals surface area contributed by atoms with Crippen molar-refractivity contribution in [2.24, 2.45) is 5.92 Å². The molecule has 0 saturated heterocycles. The number of carbonyl (C=O) groups is 1. The van der Waals surface area contributed by atoms with Crippen LogP contribution in [0.3, 0.4) is 0 Å². The molecule has 2 nitrogen and oxygen atoms in total. The van der Waals surface area contributed by atoms with E-state index in [0.29, 0.717) is 4.65 Å². The third kappa shape index (κ3) is 3.29. The summed E-state index contributed by atoms with van der Waals surface area (Å²) in [5.41, 5.74) is 0. The van der Waals surface area contributed by atoms with Crippen LogP contribution in [-0.2, 0) is 9.53 Å². The van der Waals surface area contributed by atoms with Crippen LogP contribution in [0, 0.1) is 5.92 Å². The van der Waals surface area contributed by atoms with Crippen LogP contribution in [0.15, 0.2) is 0 Å². The standard InChI is InChI=1S/C5H10O2Te/c1-4(2)5(6)7-3-8/h4,8H,3H2,1-2H3. The Morgan fingerprint density at radius 3 is 2.38 bits per heavy atom. The van der Waals surface area contributed by atoms with Gasteiger partial charge in [-0.1, -0.05) is 0 Å². The molecule has 0 aliphatic heterocycles. The summed E-state index contributed by atoms with van der Waals surface area (Å²) in [4.78, 5) is 10.5. The Bertz CT molecular complexity index is 80.5. The molecule has 0 amide bonds. The first-order valence-corrected chi connectivity index (χ1v) is 4.26. The predicted octanol–water partition coefficient (Wildman–Crippen LogP) is 0.0439. The molecule has 0 fully saturated rings. The Morgan fingerprint density at radius 1 is 1.75 bits per heavy atom. The van der Waals surface area contributed by atoms with Crippen LogP contribution in [0.4, 0.5) is 0 Å². The van der Waals surface area contributed by atoms with E-state index in [1.54, 1.807) is 0 Å². The van der Waals surface area contributed by atoms with E-state index in [0.717, 1.165) is 0 Å². The number of ether oxygens (including phenoxy) is 1. The summed E-state index contributed by atoms with van der Waals surface area (Å²) >= 11 is 1.49. The zero-order valence-electron chi connectivity index (χ0n) is 5.05. The van der Waals surface area contributed by atoms with Gasteiger partial charge in [-0.05, 0) is 0 Å². The van der Waals surface area contributed by atoms with Gasteiger partial charge in [0, 0.05) is 0 Å². The van der Waals surface area contributed by atoms with Crippen LogP contribution in [0.2, 0.25) is 0 Å². The second-order valence-corrected chi connectivity index (χ2v) is 2.48. The molecule has 0 saturated carbocycles. The van der Waals surface area contributed by atoms with Crippen molar-refractivity contribution >= 4 is 28.3 Å². The van der Waals surface area contributed by atoms with Crippen LogP contribution >= 0.6 is 0 Å². The fraction of sp³-hybridized carbons (Fsp3) is 0.800. The molecule has 0 N–H and O–H groups in total. The summed E-state index contributed by atoms with van der Waals surface area (Å²) in [7, 11) is 0. The van der Waals surface area contributed by atoms with Crippen molar-refractivity contribution in [3.63, 3.8) is 0 Å². The number of rotatable bonds is 2. The normalized spacial score (nSPS) is 9.50. The SMILES string of the molecule is CC(C)C(=O)OC[TeH]. The summed E-state index contributed by atoms with van der Waals surface area (Å²) < 4.78 is 5.22. The second-order valence-electron chi connectivity index (χ2n) is 1.75. The van der Waals surface area contributed by atoms with E-state index >= 15 is 0 Å². The summed E-state index contributed by atoms with van der Waals surface area (Å²) in [5, 5.41) is 0. The number of hydrogen-bond donors (Lipinski definition) is 0. The Hall–Kier alpha value is 0.260. The van der Waals surface area contributed by atoms with Crippen molar-refractivity contribution in [3.05, 3.63) is 0 Å². The van der Waals surface area contributed by atoms with E-state index in [2.05, 4.69) is 4.74 Å². The van der Waals surface area contributed by atoms with E-state index in [-0.39, 0.29) is 11.9 Å². The van der Waals surface area contributed by atoms with Crippen LogP contribution in [0.25, 0.3) is 0 Å². The van der Waals surface area contributed by atoms with Gasteiger partial charge in [0.2, 0.25) is 0 Å². The third-order valence-corrected chi connectivity index (χ3v) is 1.05. The van der Waals surface area contributed by atoms with Gasteiger partial charge in [0.1, 0.15) is 0 Å². The molecule has 0 bridgehead atoms.